The lowest BCUT2D eigenvalue weighted by Crippen LogP contribution is -2.57. The molecule has 49 heavy (non-hydrogen) atoms. The maximum atomic E-state index is 14.5. The van der Waals surface area contributed by atoms with Crippen LogP contribution in [0.3, 0.4) is 0 Å². The molecule has 3 N–H and O–H groups in total. The summed E-state index contributed by atoms with van der Waals surface area (Å²) < 4.78 is 26.5. The van der Waals surface area contributed by atoms with Gasteiger partial charge in [0.1, 0.15) is 12.1 Å². The van der Waals surface area contributed by atoms with Crippen molar-refractivity contribution in [3.8, 4) is 0 Å². The number of nitrogens with one attached hydrogen (secondary N) is 1. The highest BCUT2D eigenvalue weighted by Crippen LogP contribution is 2.56. The van der Waals surface area contributed by atoms with Gasteiger partial charge in [-0.3, -0.25) is 23.9 Å². The number of carbonyl (C=O) groups excluding carboxylic acids is 3. The predicted octanol–water partition coefficient (Wildman–Crippen LogP) is 4.94. The molecule has 1 aromatic carbocycles. The molecule has 11 nitrogen and oxygen atoms in total. The van der Waals surface area contributed by atoms with Crippen molar-refractivity contribution in [3.05, 3.63) is 58.7 Å². The van der Waals surface area contributed by atoms with Gasteiger partial charge in [0, 0.05) is 60.9 Å². The lowest BCUT2D eigenvalue weighted by atomic mass is 9.95. The van der Waals surface area contributed by atoms with E-state index in [1.807, 2.05) is 31.3 Å². The van der Waals surface area contributed by atoms with Gasteiger partial charge in [0.2, 0.25) is 17.7 Å². The average Bonchev–Trinajstić information content (AvgIpc) is 3.81. The highest BCUT2D eigenvalue weighted by molar-refractivity contribution is 7.51. The molecular formula is C35H41FN5O6PS. The molecule has 3 saturated heterocycles. The Labute approximate surface area is 288 Å². The van der Waals surface area contributed by atoms with E-state index in [-0.39, 0.29) is 34.9 Å². The third kappa shape index (κ3) is 5.86. The van der Waals surface area contributed by atoms with Gasteiger partial charge in [-0.25, -0.2) is 4.39 Å². The molecule has 1 spiro atoms. The Bertz CT molecular complexity index is 1890. The molecule has 3 aromatic rings. The van der Waals surface area contributed by atoms with Crippen LogP contribution in [0.2, 0.25) is 0 Å². The second-order valence-corrected chi connectivity index (χ2v) is 17.7. The van der Waals surface area contributed by atoms with E-state index in [0.717, 1.165) is 49.8 Å². The maximum Gasteiger partial charge on any atom is 0.363 e. The number of pyridine rings is 1. The summed E-state index contributed by atoms with van der Waals surface area (Å²) >= 11 is 1.17. The number of thiophene rings is 1. The van der Waals surface area contributed by atoms with Crippen LogP contribution in [0.4, 0.5) is 10.1 Å². The summed E-state index contributed by atoms with van der Waals surface area (Å²) in [6, 6.07) is 6.41. The van der Waals surface area contributed by atoms with Crippen LogP contribution in [0, 0.1) is 11.8 Å². The second-order valence-electron chi connectivity index (χ2n) is 15.0. The van der Waals surface area contributed by atoms with E-state index in [9.17, 15) is 33.1 Å². The number of aromatic nitrogens is 1. The zero-order valence-corrected chi connectivity index (χ0v) is 29.2. The van der Waals surface area contributed by atoms with Crippen LogP contribution in [0.25, 0.3) is 10.1 Å². The Balaban J connectivity index is 1.02. The number of hydrogen-bond donors (Lipinski definition) is 3. The SMILES string of the molecule is CN(C)c1ccncc1[C@@H]1CN(C(=O)[C@@H]2CC[C@@H]3C[C@H]4C[C@H]4CC(NC(=O)c4cc5cc([C@H](F)P(=O)(O)O)ccc5s4)C(=O)N32)C2(CC2)C1. The molecule has 2 saturated carbocycles. The summed E-state index contributed by atoms with van der Waals surface area (Å²) in [5.74, 6) is -2.08. The molecule has 1 unspecified atom stereocenters. The molecule has 0 bridgehead atoms. The van der Waals surface area contributed by atoms with Crippen molar-refractivity contribution in [2.24, 2.45) is 11.8 Å². The molecule has 5 heterocycles. The van der Waals surface area contributed by atoms with Crippen LogP contribution >= 0.6 is 18.9 Å². The van der Waals surface area contributed by atoms with Gasteiger partial charge in [-0.05, 0) is 104 Å². The fourth-order valence-electron chi connectivity index (χ4n) is 8.88. The van der Waals surface area contributed by atoms with Crippen molar-refractivity contribution in [3.63, 3.8) is 0 Å². The second kappa shape index (κ2) is 11.9. The van der Waals surface area contributed by atoms with Gasteiger partial charge in [-0.15, -0.1) is 11.3 Å². The lowest BCUT2D eigenvalue weighted by molar-refractivity contribution is -0.148. The molecule has 7 atom stereocenters. The molecule has 2 aromatic heterocycles. The molecular weight excluding hydrogens is 668 g/mol. The van der Waals surface area contributed by atoms with E-state index >= 15 is 0 Å². The number of fused-ring (bicyclic) bond motifs is 3. The Morgan fingerprint density at radius 3 is 2.63 bits per heavy atom. The summed E-state index contributed by atoms with van der Waals surface area (Å²) in [4.78, 5) is 71.8. The third-order valence-electron chi connectivity index (χ3n) is 11.6. The first-order valence-corrected chi connectivity index (χ1v) is 19.6. The van der Waals surface area contributed by atoms with E-state index in [0.29, 0.717) is 46.2 Å². The van der Waals surface area contributed by atoms with Crippen LogP contribution in [0.15, 0.2) is 42.7 Å². The van der Waals surface area contributed by atoms with Gasteiger partial charge in [0.15, 0.2) is 0 Å². The minimum Gasteiger partial charge on any atom is -0.377 e. The van der Waals surface area contributed by atoms with Crippen molar-refractivity contribution in [1.29, 1.82) is 0 Å². The van der Waals surface area contributed by atoms with E-state index in [2.05, 4.69) is 20.1 Å². The highest BCUT2D eigenvalue weighted by Gasteiger charge is 2.59. The zero-order valence-electron chi connectivity index (χ0n) is 27.5. The van der Waals surface area contributed by atoms with Crippen LogP contribution in [-0.2, 0) is 14.2 Å². The fourth-order valence-corrected chi connectivity index (χ4v) is 10.4. The smallest absolute Gasteiger partial charge is 0.363 e. The molecule has 3 aliphatic heterocycles. The predicted molar refractivity (Wildman–Crippen MR) is 183 cm³/mol. The zero-order chi connectivity index (χ0) is 34.4. The number of rotatable bonds is 7. The number of carbonyl (C=O) groups is 3. The quantitative estimate of drug-likeness (QED) is 0.293. The van der Waals surface area contributed by atoms with E-state index < -0.39 is 31.5 Å². The first-order chi connectivity index (χ1) is 23.3. The molecule has 5 aliphatic rings. The summed E-state index contributed by atoms with van der Waals surface area (Å²) in [6.45, 7) is 0.602. The van der Waals surface area contributed by atoms with Gasteiger partial charge >= 0.3 is 7.60 Å². The van der Waals surface area contributed by atoms with Crippen LogP contribution in [-0.4, -0.2) is 86.6 Å². The number of amides is 3. The topological polar surface area (TPSA) is 143 Å². The number of halogens is 1. The Morgan fingerprint density at radius 2 is 1.90 bits per heavy atom. The summed E-state index contributed by atoms with van der Waals surface area (Å²) in [5, 5.41) is 3.48. The molecule has 0 radical (unpaired) electrons. The van der Waals surface area contributed by atoms with Crippen molar-refractivity contribution in [1.82, 2.24) is 20.1 Å². The molecule has 5 fully saturated rings. The minimum atomic E-state index is -4.98. The molecule has 260 valence electrons. The van der Waals surface area contributed by atoms with Gasteiger partial charge in [-0.2, -0.15) is 0 Å². The summed E-state index contributed by atoms with van der Waals surface area (Å²) in [7, 11) is -0.948. The molecule has 8 rings (SSSR count). The molecule has 14 heteroatoms. The summed E-state index contributed by atoms with van der Waals surface area (Å²) in [5.41, 5.74) is 1.92. The standard InChI is InChI=1S/C35H41FN5O6PS/c1-39(2)27-7-10-37-17-25(27)23-16-35(8-9-35)40(18-23)34(44)28-5-4-24-13-20-12-21(20)14-26(33(43)41(24)28)38-32(42)30-15-22-11-19(3-6-29(22)49-30)31(36)48(45,46)47/h3,6-7,10-11,15,17,20-21,23-24,26,28,31H,4-5,8-9,12-14,16,18H2,1-2H3,(H,38,42)(H2,45,46,47)/t20-,21+,23+,24-,26?,28+,31-/m1/s1. The molecule has 2 aliphatic carbocycles. The first kappa shape index (κ1) is 32.8. The van der Waals surface area contributed by atoms with E-state index in [4.69, 9.17) is 0 Å². The number of nitrogens with zero attached hydrogens (tertiary/aromatic N) is 4. The first-order valence-electron chi connectivity index (χ1n) is 17.1. The largest absolute Gasteiger partial charge is 0.377 e. The maximum absolute atomic E-state index is 14.5. The highest BCUT2D eigenvalue weighted by atomic mass is 32.1. The number of benzene rings is 1. The third-order valence-corrected chi connectivity index (χ3v) is 13.6. The number of likely N-dealkylation sites (tertiary alicyclic amines) is 1. The van der Waals surface area contributed by atoms with E-state index in [1.54, 1.807) is 18.3 Å². The Morgan fingerprint density at radius 1 is 1.12 bits per heavy atom. The summed E-state index contributed by atoms with van der Waals surface area (Å²) in [6.07, 6.45) is 10.3. The van der Waals surface area contributed by atoms with Crippen molar-refractivity contribution < 1.29 is 33.1 Å². The fraction of sp³-hybridized carbons (Fsp3) is 0.543. The van der Waals surface area contributed by atoms with Gasteiger partial charge < -0.3 is 29.8 Å². The van der Waals surface area contributed by atoms with Gasteiger partial charge in [0.25, 0.3) is 5.91 Å². The van der Waals surface area contributed by atoms with Gasteiger partial charge in [-0.1, -0.05) is 6.07 Å². The van der Waals surface area contributed by atoms with Crippen LogP contribution < -0.4 is 10.2 Å². The minimum absolute atomic E-state index is 0.0194. The normalized spacial score (nSPS) is 29.3. The molecule has 3 amide bonds. The van der Waals surface area contributed by atoms with Crippen molar-refractivity contribution >= 4 is 52.4 Å². The number of alkyl halides is 1. The van der Waals surface area contributed by atoms with Crippen molar-refractivity contribution in [2.45, 2.75) is 86.9 Å². The monoisotopic (exact) mass is 709 g/mol. The van der Waals surface area contributed by atoms with Gasteiger partial charge in [0.05, 0.1) is 4.88 Å². The van der Waals surface area contributed by atoms with Crippen LogP contribution in [0.5, 0.6) is 0 Å². The average molecular weight is 710 g/mol. The van der Waals surface area contributed by atoms with Crippen LogP contribution in [0.1, 0.15) is 84.0 Å². The Hall–Kier alpha value is -3.38. The Kier molecular flexibility index (Phi) is 7.94. The van der Waals surface area contributed by atoms with E-state index in [1.165, 1.54) is 23.5 Å². The van der Waals surface area contributed by atoms with Crippen molar-refractivity contribution in [2.75, 3.05) is 25.5 Å². The number of anilines is 1. The lowest BCUT2D eigenvalue weighted by Gasteiger charge is -2.37. The number of hydrogen-bond acceptors (Lipinski definition) is 7.